The zero-order valence-corrected chi connectivity index (χ0v) is 18.9. The Hall–Kier alpha value is -2.99. The number of aromatic nitrogens is 2. The summed E-state index contributed by atoms with van der Waals surface area (Å²) in [7, 11) is 4.15. The van der Waals surface area contributed by atoms with Gasteiger partial charge < -0.3 is 9.80 Å². The number of carbonyl (C=O) groups is 1. The molecular weight excluding hydrogens is 403 g/mol. The monoisotopic (exact) mass is 434 g/mol. The molecule has 6 heteroatoms. The first kappa shape index (κ1) is 22.2. The van der Waals surface area contributed by atoms with E-state index < -0.39 is 0 Å². The topological polar surface area (TPSA) is 41.4 Å². The van der Waals surface area contributed by atoms with E-state index in [0.29, 0.717) is 11.5 Å². The van der Waals surface area contributed by atoms with Crippen LogP contribution in [0.1, 0.15) is 30.9 Å². The smallest absolute Gasteiger partial charge is 0.245 e. The van der Waals surface area contributed by atoms with Crippen LogP contribution < -0.4 is 0 Å². The van der Waals surface area contributed by atoms with Crippen molar-refractivity contribution in [3.05, 3.63) is 66.6 Å². The van der Waals surface area contributed by atoms with E-state index in [1.54, 1.807) is 12.1 Å². The fraction of sp³-hybridized carbons (Fsp3) is 0.385. The minimum atomic E-state index is -0.225. The van der Waals surface area contributed by atoms with Gasteiger partial charge in [0.2, 0.25) is 5.91 Å². The number of piperidine rings is 1. The van der Waals surface area contributed by atoms with Crippen LogP contribution >= 0.6 is 0 Å². The van der Waals surface area contributed by atoms with E-state index in [9.17, 15) is 9.18 Å². The van der Waals surface area contributed by atoms with Gasteiger partial charge in [-0.15, -0.1) is 0 Å². The molecule has 1 aliphatic heterocycles. The quantitative estimate of drug-likeness (QED) is 0.507. The Labute approximate surface area is 189 Å². The number of rotatable bonds is 7. The Balaban J connectivity index is 1.68. The molecular formula is C26H31FN4O. The van der Waals surface area contributed by atoms with Crippen molar-refractivity contribution in [2.75, 3.05) is 33.7 Å². The van der Waals surface area contributed by atoms with Crippen LogP contribution in [0.2, 0.25) is 0 Å². The first-order chi connectivity index (χ1) is 15.5. The van der Waals surface area contributed by atoms with E-state index in [0.717, 1.165) is 61.9 Å². The molecule has 0 atom stereocenters. The second-order valence-corrected chi connectivity index (χ2v) is 8.78. The molecule has 0 aliphatic carbocycles. The van der Waals surface area contributed by atoms with Crippen LogP contribution in [0, 0.1) is 5.82 Å². The van der Waals surface area contributed by atoms with Crippen molar-refractivity contribution in [1.82, 2.24) is 19.6 Å². The Morgan fingerprint density at radius 1 is 1.22 bits per heavy atom. The summed E-state index contributed by atoms with van der Waals surface area (Å²) in [6.45, 7) is 6.89. The summed E-state index contributed by atoms with van der Waals surface area (Å²) in [6.07, 6.45) is 4.21. The molecule has 1 aromatic heterocycles. The SMILES string of the molecule is C=CC(=O)N1CCC(c2c3ccc(-c4ccccc4F)cc3nn2CCCN(C)C)CC1. The van der Waals surface area contributed by atoms with E-state index in [1.807, 2.05) is 23.1 Å². The summed E-state index contributed by atoms with van der Waals surface area (Å²) in [6, 6.07) is 12.9. The zero-order valence-electron chi connectivity index (χ0n) is 18.9. The minimum Gasteiger partial charge on any atom is -0.339 e. The number of halogens is 1. The van der Waals surface area contributed by atoms with Crippen LogP contribution in [0.4, 0.5) is 4.39 Å². The second-order valence-electron chi connectivity index (χ2n) is 8.78. The molecule has 32 heavy (non-hydrogen) atoms. The highest BCUT2D eigenvalue weighted by Crippen LogP contribution is 2.35. The standard InChI is InChI=1S/C26H31FN4O/c1-4-25(32)30-16-12-19(13-17-30)26-22-11-10-20(21-8-5-6-9-23(21)27)18-24(22)28-31(26)15-7-14-29(2)3/h4-6,8-11,18-19H,1,7,12-17H2,2-3H3. The van der Waals surface area contributed by atoms with Crippen LogP contribution in [0.3, 0.4) is 0 Å². The van der Waals surface area contributed by atoms with Gasteiger partial charge in [0.05, 0.1) is 5.52 Å². The van der Waals surface area contributed by atoms with Crippen molar-refractivity contribution in [1.29, 1.82) is 0 Å². The van der Waals surface area contributed by atoms with E-state index >= 15 is 0 Å². The van der Waals surface area contributed by atoms with Gasteiger partial charge in [-0.25, -0.2) is 4.39 Å². The molecule has 1 amide bonds. The summed E-state index contributed by atoms with van der Waals surface area (Å²) in [5.74, 6) is 0.117. The maximum Gasteiger partial charge on any atom is 0.245 e. The fourth-order valence-corrected chi connectivity index (χ4v) is 4.66. The van der Waals surface area contributed by atoms with Crippen molar-refractivity contribution in [2.45, 2.75) is 31.7 Å². The fourth-order valence-electron chi connectivity index (χ4n) is 4.66. The average molecular weight is 435 g/mol. The summed E-state index contributed by atoms with van der Waals surface area (Å²) >= 11 is 0. The van der Waals surface area contributed by atoms with Crippen molar-refractivity contribution in [2.24, 2.45) is 0 Å². The van der Waals surface area contributed by atoms with Gasteiger partial charge in [-0.3, -0.25) is 9.48 Å². The predicted octanol–water partition coefficient (Wildman–Crippen LogP) is 4.69. The lowest BCUT2D eigenvalue weighted by molar-refractivity contribution is -0.127. The van der Waals surface area contributed by atoms with E-state index in [1.165, 1.54) is 17.8 Å². The van der Waals surface area contributed by atoms with Crippen LogP contribution in [-0.4, -0.2) is 59.2 Å². The number of hydrogen-bond acceptors (Lipinski definition) is 3. The number of amides is 1. The Morgan fingerprint density at radius 3 is 2.66 bits per heavy atom. The molecule has 2 aromatic carbocycles. The summed E-state index contributed by atoms with van der Waals surface area (Å²) in [5.41, 5.74) is 3.57. The van der Waals surface area contributed by atoms with Gasteiger partial charge in [0.15, 0.2) is 0 Å². The first-order valence-electron chi connectivity index (χ1n) is 11.3. The number of benzene rings is 2. The number of likely N-dealkylation sites (tertiary alicyclic amines) is 1. The minimum absolute atomic E-state index is 0.00216. The van der Waals surface area contributed by atoms with Crippen molar-refractivity contribution in [3.63, 3.8) is 0 Å². The zero-order chi connectivity index (χ0) is 22.7. The molecule has 4 rings (SSSR count). The molecule has 0 bridgehead atoms. The van der Waals surface area contributed by atoms with Crippen molar-refractivity contribution in [3.8, 4) is 11.1 Å². The molecule has 0 spiro atoms. The van der Waals surface area contributed by atoms with Crippen LogP contribution in [0.15, 0.2) is 55.1 Å². The van der Waals surface area contributed by atoms with Crippen LogP contribution in [-0.2, 0) is 11.3 Å². The lowest BCUT2D eigenvalue weighted by Gasteiger charge is -2.32. The molecule has 0 radical (unpaired) electrons. The number of carbonyl (C=O) groups excluding carboxylic acids is 1. The highest BCUT2D eigenvalue weighted by atomic mass is 19.1. The van der Waals surface area contributed by atoms with Gasteiger partial charge in [-0.2, -0.15) is 5.10 Å². The van der Waals surface area contributed by atoms with Gasteiger partial charge in [-0.05, 0) is 63.7 Å². The molecule has 0 unspecified atom stereocenters. The third-order valence-corrected chi connectivity index (χ3v) is 6.31. The third kappa shape index (κ3) is 4.60. The molecule has 0 N–H and O–H groups in total. The van der Waals surface area contributed by atoms with Crippen molar-refractivity contribution >= 4 is 16.8 Å². The van der Waals surface area contributed by atoms with E-state index in [2.05, 4.69) is 36.3 Å². The third-order valence-electron chi connectivity index (χ3n) is 6.31. The highest BCUT2D eigenvalue weighted by molar-refractivity contribution is 5.88. The maximum atomic E-state index is 14.4. The molecule has 5 nitrogen and oxygen atoms in total. The summed E-state index contributed by atoms with van der Waals surface area (Å²) in [4.78, 5) is 16.0. The summed E-state index contributed by atoms with van der Waals surface area (Å²) in [5, 5.41) is 6.08. The normalized spacial score (nSPS) is 14.9. The maximum absolute atomic E-state index is 14.4. The van der Waals surface area contributed by atoms with Gasteiger partial charge in [-0.1, -0.05) is 36.9 Å². The molecule has 1 saturated heterocycles. The van der Waals surface area contributed by atoms with Gasteiger partial charge in [0.1, 0.15) is 5.82 Å². The Bertz CT molecular complexity index is 1110. The van der Waals surface area contributed by atoms with Crippen molar-refractivity contribution < 1.29 is 9.18 Å². The van der Waals surface area contributed by atoms with E-state index in [-0.39, 0.29) is 11.7 Å². The molecule has 0 saturated carbocycles. The molecule has 3 aromatic rings. The van der Waals surface area contributed by atoms with Crippen LogP contribution in [0.5, 0.6) is 0 Å². The summed E-state index contributed by atoms with van der Waals surface area (Å²) < 4.78 is 16.5. The Morgan fingerprint density at radius 2 is 1.97 bits per heavy atom. The van der Waals surface area contributed by atoms with Gasteiger partial charge >= 0.3 is 0 Å². The van der Waals surface area contributed by atoms with Crippen LogP contribution in [0.25, 0.3) is 22.0 Å². The van der Waals surface area contributed by atoms with Gasteiger partial charge in [0, 0.05) is 42.2 Å². The number of hydrogen-bond donors (Lipinski definition) is 0. The van der Waals surface area contributed by atoms with E-state index in [4.69, 9.17) is 5.10 Å². The second kappa shape index (κ2) is 9.65. The predicted molar refractivity (Wildman–Crippen MR) is 127 cm³/mol. The average Bonchev–Trinajstić information content (AvgIpc) is 3.16. The number of aryl methyl sites for hydroxylation is 1. The lowest BCUT2D eigenvalue weighted by Crippen LogP contribution is -2.37. The molecule has 1 aliphatic rings. The lowest BCUT2D eigenvalue weighted by atomic mass is 9.90. The first-order valence-corrected chi connectivity index (χ1v) is 11.3. The largest absolute Gasteiger partial charge is 0.339 e. The Kier molecular flexibility index (Phi) is 6.70. The highest BCUT2D eigenvalue weighted by Gasteiger charge is 2.27. The molecule has 2 heterocycles. The molecule has 168 valence electrons. The molecule has 1 fully saturated rings. The van der Waals surface area contributed by atoms with Gasteiger partial charge in [0.25, 0.3) is 0 Å². The number of nitrogens with zero attached hydrogens (tertiary/aromatic N) is 4. The number of fused-ring (bicyclic) bond motifs is 1.